The SMILES string of the molecule is COc1ccc(OCCC2(CNCC(C)C)CC2)cc1. The lowest BCUT2D eigenvalue weighted by atomic mass is 10.0. The number of hydrogen-bond donors (Lipinski definition) is 1. The third-order valence-corrected chi connectivity index (χ3v) is 3.97. The van der Waals surface area contributed by atoms with Gasteiger partial charge in [-0.3, -0.25) is 0 Å². The molecule has 0 spiro atoms. The molecule has 0 saturated heterocycles. The standard InChI is InChI=1S/C17H27NO2/c1-14(2)12-18-13-17(8-9-17)10-11-20-16-6-4-15(19-3)5-7-16/h4-7,14,18H,8-13H2,1-3H3. The van der Waals surface area contributed by atoms with Crippen LogP contribution in [0.15, 0.2) is 24.3 Å². The quantitative estimate of drug-likeness (QED) is 0.749. The van der Waals surface area contributed by atoms with E-state index in [1.165, 1.54) is 12.8 Å². The van der Waals surface area contributed by atoms with Crippen molar-refractivity contribution in [2.24, 2.45) is 11.3 Å². The zero-order chi connectivity index (χ0) is 14.4. The highest BCUT2D eigenvalue weighted by molar-refractivity contribution is 5.31. The smallest absolute Gasteiger partial charge is 0.119 e. The maximum absolute atomic E-state index is 5.83. The van der Waals surface area contributed by atoms with E-state index in [0.717, 1.165) is 43.5 Å². The van der Waals surface area contributed by atoms with E-state index in [0.29, 0.717) is 5.41 Å². The number of methoxy groups -OCH3 is 1. The van der Waals surface area contributed by atoms with E-state index in [-0.39, 0.29) is 0 Å². The summed E-state index contributed by atoms with van der Waals surface area (Å²) in [5.74, 6) is 2.52. The molecule has 1 aliphatic carbocycles. The van der Waals surface area contributed by atoms with Gasteiger partial charge in [0.1, 0.15) is 11.5 Å². The molecule has 3 nitrogen and oxygen atoms in total. The van der Waals surface area contributed by atoms with Crippen LogP contribution < -0.4 is 14.8 Å². The summed E-state index contributed by atoms with van der Waals surface area (Å²) >= 11 is 0. The highest BCUT2D eigenvalue weighted by Crippen LogP contribution is 2.48. The van der Waals surface area contributed by atoms with Gasteiger partial charge in [-0.25, -0.2) is 0 Å². The number of rotatable bonds is 9. The summed E-state index contributed by atoms with van der Waals surface area (Å²) in [7, 11) is 1.68. The number of nitrogens with one attached hydrogen (secondary N) is 1. The molecule has 1 aromatic rings. The first-order chi connectivity index (χ1) is 9.63. The first-order valence-electron chi connectivity index (χ1n) is 7.61. The van der Waals surface area contributed by atoms with E-state index in [1.54, 1.807) is 7.11 Å². The Bertz CT molecular complexity index is 396. The van der Waals surface area contributed by atoms with Crippen molar-refractivity contribution in [2.75, 3.05) is 26.8 Å². The van der Waals surface area contributed by atoms with Gasteiger partial charge < -0.3 is 14.8 Å². The Balaban J connectivity index is 1.67. The van der Waals surface area contributed by atoms with Gasteiger partial charge >= 0.3 is 0 Å². The molecule has 1 fully saturated rings. The summed E-state index contributed by atoms with van der Waals surface area (Å²) in [4.78, 5) is 0. The fourth-order valence-electron chi connectivity index (χ4n) is 2.38. The minimum absolute atomic E-state index is 0.501. The van der Waals surface area contributed by atoms with Crippen LogP contribution in [0.2, 0.25) is 0 Å². The van der Waals surface area contributed by atoms with Crippen LogP contribution in [0.1, 0.15) is 33.1 Å². The van der Waals surface area contributed by atoms with Gasteiger partial charge in [-0.15, -0.1) is 0 Å². The van der Waals surface area contributed by atoms with E-state index < -0.39 is 0 Å². The molecule has 20 heavy (non-hydrogen) atoms. The minimum Gasteiger partial charge on any atom is -0.497 e. The lowest BCUT2D eigenvalue weighted by molar-refractivity contribution is 0.263. The van der Waals surface area contributed by atoms with Crippen molar-refractivity contribution in [3.05, 3.63) is 24.3 Å². The topological polar surface area (TPSA) is 30.5 Å². The summed E-state index contributed by atoms with van der Waals surface area (Å²) in [6, 6.07) is 7.81. The maximum atomic E-state index is 5.83. The van der Waals surface area contributed by atoms with E-state index >= 15 is 0 Å². The van der Waals surface area contributed by atoms with Crippen LogP contribution >= 0.6 is 0 Å². The van der Waals surface area contributed by atoms with Gasteiger partial charge in [0.15, 0.2) is 0 Å². The predicted octanol–water partition coefficient (Wildman–Crippen LogP) is 3.49. The minimum atomic E-state index is 0.501. The summed E-state index contributed by atoms with van der Waals surface area (Å²) < 4.78 is 11.0. The Labute approximate surface area is 122 Å². The van der Waals surface area contributed by atoms with Gasteiger partial charge in [-0.1, -0.05) is 13.8 Å². The molecule has 1 saturated carbocycles. The van der Waals surface area contributed by atoms with E-state index in [1.807, 2.05) is 24.3 Å². The van der Waals surface area contributed by atoms with Crippen LogP contribution in [0, 0.1) is 11.3 Å². The Hall–Kier alpha value is -1.22. The fraction of sp³-hybridized carbons (Fsp3) is 0.647. The summed E-state index contributed by atoms with van der Waals surface area (Å²) in [6.07, 6.45) is 3.82. The molecule has 0 aliphatic heterocycles. The zero-order valence-corrected chi connectivity index (χ0v) is 12.9. The summed E-state index contributed by atoms with van der Waals surface area (Å²) in [5.41, 5.74) is 0.501. The molecule has 3 heteroatoms. The van der Waals surface area contributed by atoms with Crippen LogP contribution in [0.4, 0.5) is 0 Å². The fourth-order valence-corrected chi connectivity index (χ4v) is 2.38. The molecule has 0 unspecified atom stereocenters. The van der Waals surface area contributed by atoms with Crippen LogP contribution in [0.5, 0.6) is 11.5 Å². The Morgan fingerprint density at radius 2 is 1.80 bits per heavy atom. The second-order valence-electron chi connectivity index (χ2n) is 6.30. The molecule has 112 valence electrons. The third kappa shape index (κ3) is 4.71. The molecule has 0 atom stereocenters. The predicted molar refractivity (Wildman–Crippen MR) is 82.5 cm³/mol. The van der Waals surface area contributed by atoms with Crippen molar-refractivity contribution in [1.82, 2.24) is 5.32 Å². The lowest BCUT2D eigenvalue weighted by Crippen LogP contribution is -2.28. The third-order valence-electron chi connectivity index (χ3n) is 3.97. The molecule has 0 heterocycles. The van der Waals surface area contributed by atoms with Gasteiger partial charge in [-0.05, 0) is 61.4 Å². The lowest BCUT2D eigenvalue weighted by Gasteiger charge is -2.17. The van der Waals surface area contributed by atoms with E-state index in [4.69, 9.17) is 9.47 Å². The van der Waals surface area contributed by atoms with Crippen LogP contribution in [-0.4, -0.2) is 26.8 Å². The molecule has 0 aromatic heterocycles. The van der Waals surface area contributed by atoms with Crippen molar-refractivity contribution in [2.45, 2.75) is 33.1 Å². The Morgan fingerprint density at radius 3 is 2.35 bits per heavy atom. The molecule has 1 aromatic carbocycles. The number of benzene rings is 1. The van der Waals surface area contributed by atoms with Crippen LogP contribution in [-0.2, 0) is 0 Å². The van der Waals surface area contributed by atoms with Crippen molar-refractivity contribution in [1.29, 1.82) is 0 Å². The highest BCUT2D eigenvalue weighted by Gasteiger charge is 2.41. The highest BCUT2D eigenvalue weighted by atomic mass is 16.5. The average molecular weight is 277 g/mol. The molecule has 0 radical (unpaired) electrons. The Kier molecular flexibility index (Phi) is 5.30. The van der Waals surface area contributed by atoms with E-state index in [9.17, 15) is 0 Å². The molecular weight excluding hydrogens is 250 g/mol. The largest absolute Gasteiger partial charge is 0.497 e. The number of hydrogen-bond acceptors (Lipinski definition) is 3. The van der Waals surface area contributed by atoms with Gasteiger partial charge in [0.2, 0.25) is 0 Å². The summed E-state index contributed by atoms with van der Waals surface area (Å²) in [5, 5.41) is 3.58. The second-order valence-corrected chi connectivity index (χ2v) is 6.30. The first-order valence-corrected chi connectivity index (χ1v) is 7.61. The Morgan fingerprint density at radius 1 is 1.15 bits per heavy atom. The van der Waals surface area contributed by atoms with Crippen molar-refractivity contribution in [3.63, 3.8) is 0 Å². The monoisotopic (exact) mass is 277 g/mol. The van der Waals surface area contributed by atoms with Crippen molar-refractivity contribution < 1.29 is 9.47 Å². The summed E-state index contributed by atoms with van der Waals surface area (Å²) in [6.45, 7) is 7.55. The normalized spacial score (nSPS) is 16.2. The maximum Gasteiger partial charge on any atom is 0.119 e. The first kappa shape index (κ1) is 15.2. The van der Waals surface area contributed by atoms with E-state index in [2.05, 4.69) is 19.2 Å². The van der Waals surface area contributed by atoms with Crippen molar-refractivity contribution in [3.8, 4) is 11.5 Å². The second kappa shape index (κ2) is 6.98. The molecule has 1 aliphatic rings. The van der Waals surface area contributed by atoms with Gasteiger partial charge in [0, 0.05) is 6.54 Å². The molecular formula is C17H27NO2. The molecule has 0 bridgehead atoms. The zero-order valence-electron chi connectivity index (χ0n) is 12.9. The average Bonchev–Trinajstić information content (AvgIpc) is 3.19. The van der Waals surface area contributed by atoms with Gasteiger partial charge in [-0.2, -0.15) is 0 Å². The van der Waals surface area contributed by atoms with Crippen LogP contribution in [0.3, 0.4) is 0 Å². The molecule has 1 N–H and O–H groups in total. The van der Waals surface area contributed by atoms with Gasteiger partial charge in [0.25, 0.3) is 0 Å². The molecule has 2 rings (SSSR count). The van der Waals surface area contributed by atoms with Gasteiger partial charge in [0.05, 0.1) is 13.7 Å². The molecule has 0 amide bonds. The van der Waals surface area contributed by atoms with Crippen molar-refractivity contribution >= 4 is 0 Å². The number of ether oxygens (including phenoxy) is 2. The van der Waals surface area contributed by atoms with Crippen LogP contribution in [0.25, 0.3) is 0 Å².